The minimum atomic E-state index is -0.314. The van der Waals surface area contributed by atoms with E-state index in [9.17, 15) is 5.11 Å². The topological polar surface area (TPSA) is 60.2 Å². The number of nitriles is 1. The molecule has 0 amide bonds. The van der Waals surface area contributed by atoms with E-state index < -0.39 is 0 Å². The molecule has 2 rings (SSSR count). The fourth-order valence-corrected chi connectivity index (χ4v) is 2.78. The maximum absolute atomic E-state index is 9.54. The third-order valence-electron chi connectivity index (χ3n) is 2.43. The van der Waals surface area contributed by atoms with Crippen LogP contribution in [0.2, 0.25) is 5.15 Å². The quantitative estimate of drug-likeness (QED) is 0.815. The Morgan fingerprint density at radius 2 is 2.47 bits per heavy atom. The van der Waals surface area contributed by atoms with Gasteiger partial charge in [0.1, 0.15) is 16.6 Å². The summed E-state index contributed by atoms with van der Waals surface area (Å²) in [6.07, 6.45) is 1.44. The summed E-state index contributed by atoms with van der Waals surface area (Å²) in [5.74, 6) is 0. The molecule has 1 N–H and O–H groups in total. The van der Waals surface area contributed by atoms with E-state index >= 15 is 0 Å². The summed E-state index contributed by atoms with van der Waals surface area (Å²) in [7, 11) is 0. The second kappa shape index (κ2) is 4.35. The molecule has 6 heteroatoms. The Balaban J connectivity index is 2.25. The van der Waals surface area contributed by atoms with Crippen molar-refractivity contribution in [2.24, 2.45) is 0 Å². The van der Waals surface area contributed by atoms with Crippen LogP contribution < -0.4 is 4.90 Å². The summed E-state index contributed by atoms with van der Waals surface area (Å²) in [5.41, 5.74) is 0.427. The fraction of sp³-hybridized carbons (Fsp3) is 0.556. The molecule has 1 aromatic rings. The molecule has 0 aromatic carbocycles. The van der Waals surface area contributed by atoms with Gasteiger partial charge in [-0.3, -0.25) is 0 Å². The van der Waals surface area contributed by atoms with E-state index in [0.29, 0.717) is 12.1 Å². The Hall–Kier alpha value is -0.830. The van der Waals surface area contributed by atoms with Crippen LogP contribution in [0.15, 0.2) is 0 Å². The van der Waals surface area contributed by atoms with Crippen LogP contribution in [-0.2, 0) is 0 Å². The standard InChI is InChI=1S/C9H10ClN3OS/c10-8-7(4-11)9(15-12-8)13-3-1-2-6(14)5-13/h6,14H,1-3,5H2. The Morgan fingerprint density at radius 3 is 3.13 bits per heavy atom. The maximum atomic E-state index is 9.54. The second-order valence-corrected chi connectivity index (χ2v) is 4.62. The van der Waals surface area contributed by atoms with E-state index in [-0.39, 0.29) is 11.3 Å². The molecular formula is C9H10ClN3OS. The van der Waals surface area contributed by atoms with Gasteiger partial charge in [-0.1, -0.05) is 11.6 Å². The lowest BCUT2D eigenvalue weighted by Crippen LogP contribution is -2.38. The van der Waals surface area contributed by atoms with Gasteiger partial charge in [-0.2, -0.15) is 9.64 Å². The van der Waals surface area contributed by atoms with Gasteiger partial charge in [0.05, 0.1) is 6.10 Å². The lowest BCUT2D eigenvalue weighted by molar-refractivity contribution is 0.154. The van der Waals surface area contributed by atoms with E-state index in [1.165, 1.54) is 11.5 Å². The van der Waals surface area contributed by atoms with Crippen molar-refractivity contribution in [1.29, 1.82) is 5.26 Å². The molecule has 0 saturated carbocycles. The van der Waals surface area contributed by atoms with Crippen LogP contribution in [0.4, 0.5) is 5.00 Å². The monoisotopic (exact) mass is 243 g/mol. The number of aliphatic hydroxyl groups is 1. The number of hydrogen-bond acceptors (Lipinski definition) is 5. The van der Waals surface area contributed by atoms with Gasteiger partial charge < -0.3 is 10.0 Å². The average Bonchev–Trinajstić information content (AvgIpc) is 2.59. The van der Waals surface area contributed by atoms with Gasteiger partial charge in [-0.15, -0.1) is 0 Å². The molecule has 1 aromatic heterocycles. The van der Waals surface area contributed by atoms with Crippen LogP contribution in [0.25, 0.3) is 0 Å². The normalized spacial score (nSPS) is 21.4. The molecule has 2 heterocycles. The van der Waals surface area contributed by atoms with Gasteiger partial charge in [-0.25, -0.2) is 0 Å². The molecule has 1 atom stereocenters. The van der Waals surface area contributed by atoms with Crippen molar-refractivity contribution < 1.29 is 5.11 Å². The largest absolute Gasteiger partial charge is 0.391 e. The van der Waals surface area contributed by atoms with Crippen LogP contribution in [0.5, 0.6) is 0 Å². The molecule has 1 aliphatic heterocycles. The first-order chi connectivity index (χ1) is 7.22. The molecule has 1 saturated heterocycles. The van der Waals surface area contributed by atoms with Crippen molar-refractivity contribution in [1.82, 2.24) is 4.37 Å². The van der Waals surface area contributed by atoms with Gasteiger partial charge in [0.15, 0.2) is 5.15 Å². The lowest BCUT2D eigenvalue weighted by atomic mass is 10.1. The molecule has 0 spiro atoms. The van der Waals surface area contributed by atoms with Crippen molar-refractivity contribution in [3.8, 4) is 6.07 Å². The molecule has 0 aliphatic carbocycles. The first kappa shape index (κ1) is 10.7. The highest BCUT2D eigenvalue weighted by molar-refractivity contribution is 7.10. The molecule has 4 nitrogen and oxygen atoms in total. The smallest absolute Gasteiger partial charge is 0.162 e. The van der Waals surface area contributed by atoms with E-state index in [0.717, 1.165) is 24.4 Å². The Labute approximate surface area is 96.9 Å². The SMILES string of the molecule is N#Cc1c(Cl)nsc1N1CCCC(O)C1. The summed E-state index contributed by atoms with van der Waals surface area (Å²) in [6.45, 7) is 1.41. The number of hydrogen-bond donors (Lipinski definition) is 1. The number of piperidine rings is 1. The van der Waals surface area contributed by atoms with Crippen molar-refractivity contribution in [2.75, 3.05) is 18.0 Å². The van der Waals surface area contributed by atoms with Crippen LogP contribution in [0.1, 0.15) is 18.4 Å². The minimum Gasteiger partial charge on any atom is -0.391 e. The van der Waals surface area contributed by atoms with Crippen LogP contribution in [0, 0.1) is 11.3 Å². The summed E-state index contributed by atoms with van der Waals surface area (Å²) >= 11 is 7.01. The van der Waals surface area contributed by atoms with Gasteiger partial charge in [0, 0.05) is 13.1 Å². The molecule has 0 bridgehead atoms. The number of aliphatic hydroxyl groups excluding tert-OH is 1. The first-order valence-electron chi connectivity index (χ1n) is 4.70. The van der Waals surface area contributed by atoms with Gasteiger partial charge in [0.2, 0.25) is 0 Å². The Bertz CT molecular complexity index is 401. The molecule has 1 aliphatic rings. The van der Waals surface area contributed by atoms with Crippen molar-refractivity contribution in [3.05, 3.63) is 10.7 Å². The fourth-order valence-electron chi connectivity index (χ4n) is 1.71. The number of aromatic nitrogens is 1. The third kappa shape index (κ3) is 2.07. The van der Waals surface area contributed by atoms with Crippen molar-refractivity contribution >= 4 is 28.1 Å². The van der Waals surface area contributed by atoms with Crippen molar-refractivity contribution in [2.45, 2.75) is 18.9 Å². The number of rotatable bonds is 1. The maximum Gasteiger partial charge on any atom is 0.162 e. The Kier molecular flexibility index (Phi) is 3.10. The molecule has 80 valence electrons. The molecule has 15 heavy (non-hydrogen) atoms. The third-order valence-corrected chi connectivity index (χ3v) is 3.71. The highest BCUT2D eigenvalue weighted by Gasteiger charge is 2.23. The van der Waals surface area contributed by atoms with Gasteiger partial charge >= 0.3 is 0 Å². The predicted molar refractivity (Wildman–Crippen MR) is 59.3 cm³/mol. The zero-order valence-electron chi connectivity index (χ0n) is 7.98. The zero-order chi connectivity index (χ0) is 10.8. The predicted octanol–water partition coefficient (Wildman–Crippen LogP) is 1.63. The highest BCUT2D eigenvalue weighted by Crippen LogP contribution is 2.32. The summed E-state index contributed by atoms with van der Waals surface area (Å²) in [4.78, 5) is 1.98. The Morgan fingerprint density at radius 1 is 1.67 bits per heavy atom. The summed E-state index contributed by atoms with van der Waals surface area (Å²) in [5, 5.41) is 19.5. The minimum absolute atomic E-state index is 0.262. The van der Waals surface area contributed by atoms with Crippen molar-refractivity contribution in [3.63, 3.8) is 0 Å². The average molecular weight is 244 g/mol. The summed E-state index contributed by atoms with van der Waals surface area (Å²) < 4.78 is 3.95. The number of nitrogens with zero attached hydrogens (tertiary/aromatic N) is 3. The van der Waals surface area contributed by atoms with E-state index in [1.54, 1.807) is 0 Å². The highest BCUT2D eigenvalue weighted by atomic mass is 35.5. The van der Waals surface area contributed by atoms with E-state index in [1.807, 2.05) is 11.0 Å². The zero-order valence-corrected chi connectivity index (χ0v) is 9.55. The van der Waals surface area contributed by atoms with E-state index in [2.05, 4.69) is 4.37 Å². The molecule has 1 unspecified atom stereocenters. The molecule has 1 fully saturated rings. The van der Waals surface area contributed by atoms with Gasteiger partial charge in [-0.05, 0) is 24.4 Å². The number of halogens is 1. The second-order valence-electron chi connectivity index (χ2n) is 3.51. The van der Waals surface area contributed by atoms with Gasteiger partial charge in [0.25, 0.3) is 0 Å². The van der Waals surface area contributed by atoms with Crippen LogP contribution in [0.3, 0.4) is 0 Å². The number of anilines is 1. The van der Waals surface area contributed by atoms with Crippen LogP contribution in [-0.4, -0.2) is 28.7 Å². The molecular weight excluding hydrogens is 234 g/mol. The lowest BCUT2D eigenvalue weighted by Gasteiger charge is -2.30. The van der Waals surface area contributed by atoms with E-state index in [4.69, 9.17) is 16.9 Å². The first-order valence-corrected chi connectivity index (χ1v) is 5.86. The molecule has 0 radical (unpaired) electrons. The summed E-state index contributed by atoms with van der Waals surface area (Å²) in [6, 6.07) is 2.05. The number of β-amino-alcohol motifs (C(OH)–C–C–N with tert-alkyl or cyclic N) is 1. The van der Waals surface area contributed by atoms with Crippen LogP contribution >= 0.6 is 23.1 Å².